The number of hydrogen-bond donors (Lipinski definition) is 0. The molecule has 5 heteroatoms. The first-order valence-corrected chi connectivity index (χ1v) is 7.89. The summed E-state index contributed by atoms with van der Waals surface area (Å²) in [7, 11) is 0. The molecule has 0 aliphatic carbocycles. The standard InChI is InChI=1S/C14H13F3S2/c1-3-9-4-6-10(7-5-9)12-13(18-2)11(8-19-12)14(15,16)17/h4-8H,3H2,1-2H3. The Bertz CT molecular complexity index is 553. The zero-order valence-electron chi connectivity index (χ0n) is 10.5. The Balaban J connectivity index is 2.47. The minimum absolute atomic E-state index is 0.321. The van der Waals surface area contributed by atoms with Crippen LogP contribution >= 0.6 is 23.1 Å². The molecule has 1 heterocycles. The second-order valence-corrected chi connectivity index (χ2v) is 5.76. The van der Waals surface area contributed by atoms with E-state index in [1.165, 1.54) is 10.9 Å². The van der Waals surface area contributed by atoms with Crippen molar-refractivity contribution in [1.29, 1.82) is 0 Å². The molecule has 0 radical (unpaired) electrons. The van der Waals surface area contributed by atoms with Crippen LogP contribution in [0, 0.1) is 0 Å². The molecular formula is C14H13F3S2. The minimum atomic E-state index is -4.28. The first kappa shape index (κ1) is 14.5. The van der Waals surface area contributed by atoms with E-state index in [-0.39, 0.29) is 0 Å². The summed E-state index contributed by atoms with van der Waals surface area (Å²) in [6.45, 7) is 2.05. The van der Waals surface area contributed by atoms with Crippen molar-refractivity contribution >= 4 is 23.1 Å². The maximum absolute atomic E-state index is 12.9. The Morgan fingerprint density at radius 1 is 1.16 bits per heavy atom. The molecule has 0 atom stereocenters. The quantitative estimate of drug-likeness (QED) is 0.654. The molecule has 19 heavy (non-hydrogen) atoms. The minimum Gasteiger partial charge on any atom is -0.166 e. The van der Waals surface area contributed by atoms with Gasteiger partial charge in [-0.05, 0) is 23.8 Å². The van der Waals surface area contributed by atoms with Crippen LogP contribution in [0.15, 0.2) is 34.5 Å². The zero-order valence-corrected chi connectivity index (χ0v) is 12.2. The van der Waals surface area contributed by atoms with Gasteiger partial charge < -0.3 is 0 Å². The normalized spacial score (nSPS) is 11.8. The summed E-state index contributed by atoms with van der Waals surface area (Å²) < 4.78 is 38.6. The van der Waals surface area contributed by atoms with E-state index in [1.807, 2.05) is 24.3 Å². The summed E-state index contributed by atoms with van der Waals surface area (Å²) in [6.07, 6.45) is -1.68. The topological polar surface area (TPSA) is 0 Å². The van der Waals surface area contributed by atoms with Crippen LogP contribution in [0.25, 0.3) is 10.4 Å². The summed E-state index contributed by atoms with van der Waals surface area (Å²) in [5.41, 5.74) is 1.50. The van der Waals surface area contributed by atoms with Crippen molar-refractivity contribution in [2.24, 2.45) is 0 Å². The Hall–Kier alpha value is -0.940. The van der Waals surface area contributed by atoms with Gasteiger partial charge in [0, 0.05) is 15.2 Å². The van der Waals surface area contributed by atoms with Gasteiger partial charge in [0.05, 0.1) is 5.56 Å². The molecule has 0 N–H and O–H groups in total. The van der Waals surface area contributed by atoms with Gasteiger partial charge in [-0.15, -0.1) is 23.1 Å². The van der Waals surface area contributed by atoms with E-state index in [9.17, 15) is 13.2 Å². The van der Waals surface area contributed by atoms with E-state index in [0.29, 0.717) is 9.77 Å². The highest BCUT2D eigenvalue weighted by molar-refractivity contribution is 7.99. The summed E-state index contributed by atoms with van der Waals surface area (Å²) >= 11 is 2.30. The van der Waals surface area contributed by atoms with E-state index < -0.39 is 11.7 Å². The van der Waals surface area contributed by atoms with Gasteiger partial charge in [-0.2, -0.15) is 13.2 Å². The average Bonchev–Trinajstić information content (AvgIpc) is 2.82. The molecule has 0 fully saturated rings. The molecule has 1 aromatic carbocycles. The third-order valence-electron chi connectivity index (χ3n) is 2.88. The van der Waals surface area contributed by atoms with Crippen molar-refractivity contribution < 1.29 is 13.2 Å². The SMILES string of the molecule is CCc1ccc(-c2scc(C(F)(F)F)c2SC)cc1. The lowest BCUT2D eigenvalue weighted by Crippen LogP contribution is -2.04. The molecule has 0 nitrogen and oxygen atoms in total. The van der Waals surface area contributed by atoms with Gasteiger partial charge in [-0.3, -0.25) is 0 Å². The van der Waals surface area contributed by atoms with Crippen LogP contribution in [0.1, 0.15) is 18.1 Å². The third-order valence-corrected chi connectivity index (χ3v) is 4.87. The molecule has 1 aromatic heterocycles. The number of rotatable bonds is 3. The van der Waals surface area contributed by atoms with E-state index in [0.717, 1.165) is 35.1 Å². The second kappa shape index (κ2) is 5.59. The summed E-state index contributed by atoms with van der Waals surface area (Å²) in [6, 6.07) is 7.72. The Morgan fingerprint density at radius 3 is 2.26 bits per heavy atom. The highest BCUT2D eigenvalue weighted by atomic mass is 32.2. The highest BCUT2D eigenvalue weighted by Gasteiger charge is 2.35. The largest absolute Gasteiger partial charge is 0.418 e. The van der Waals surface area contributed by atoms with Crippen LogP contribution in [-0.4, -0.2) is 6.26 Å². The van der Waals surface area contributed by atoms with Gasteiger partial charge in [0.1, 0.15) is 0 Å². The fourth-order valence-electron chi connectivity index (χ4n) is 1.84. The van der Waals surface area contributed by atoms with Gasteiger partial charge >= 0.3 is 6.18 Å². The van der Waals surface area contributed by atoms with Crippen LogP contribution in [0.4, 0.5) is 13.2 Å². The van der Waals surface area contributed by atoms with Crippen molar-refractivity contribution in [3.63, 3.8) is 0 Å². The van der Waals surface area contributed by atoms with E-state index in [1.54, 1.807) is 6.26 Å². The van der Waals surface area contributed by atoms with Gasteiger partial charge in [0.25, 0.3) is 0 Å². The third kappa shape index (κ3) is 2.98. The van der Waals surface area contributed by atoms with Crippen molar-refractivity contribution in [3.8, 4) is 10.4 Å². The molecular weight excluding hydrogens is 289 g/mol. The number of hydrogen-bond acceptors (Lipinski definition) is 2. The summed E-state index contributed by atoms with van der Waals surface area (Å²) in [5.74, 6) is 0. The number of benzene rings is 1. The van der Waals surface area contributed by atoms with Gasteiger partial charge in [0.15, 0.2) is 0 Å². The molecule has 0 unspecified atom stereocenters. The van der Waals surface area contributed by atoms with Gasteiger partial charge in [-0.25, -0.2) is 0 Å². The lowest BCUT2D eigenvalue weighted by molar-refractivity contribution is -0.139. The number of thiophene rings is 1. The van der Waals surface area contributed by atoms with Crippen molar-refractivity contribution in [3.05, 3.63) is 40.8 Å². The maximum Gasteiger partial charge on any atom is 0.418 e. The average molecular weight is 302 g/mol. The second-order valence-electron chi connectivity index (χ2n) is 4.06. The predicted molar refractivity (Wildman–Crippen MR) is 75.9 cm³/mol. The summed E-state index contributed by atoms with van der Waals surface area (Å²) in [4.78, 5) is 1.02. The molecule has 0 saturated heterocycles. The highest BCUT2D eigenvalue weighted by Crippen LogP contribution is 2.45. The lowest BCUT2D eigenvalue weighted by atomic mass is 10.1. The van der Waals surface area contributed by atoms with E-state index in [4.69, 9.17) is 0 Å². The number of thioether (sulfide) groups is 1. The van der Waals surface area contributed by atoms with Gasteiger partial charge in [0.2, 0.25) is 0 Å². The molecule has 0 aliphatic rings. The molecule has 0 saturated carbocycles. The Labute approximate surface area is 118 Å². The van der Waals surface area contributed by atoms with Crippen molar-refractivity contribution in [1.82, 2.24) is 0 Å². The fourth-order valence-corrected chi connectivity index (χ4v) is 3.98. The molecule has 102 valence electrons. The van der Waals surface area contributed by atoms with Gasteiger partial charge in [-0.1, -0.05) is 31.2 Å². The van der Waals surface area contributed by atoms with Crippen LogP contribution in [0.5, 0.6) is 0 Å². The van der Waals surface area contributed by atoms with E-state index in [2.05, 4.69) is 6.92 Å². The zero-order chi connectivity index (χ0) is 14.0. The van der Waals surface area contributed by atoms with Crippen LogP contribution in [-0.2, 0) is 12.6 Å². The Morgan fingerprint density at radius 2 is 1.79 bits per heavy atom. The molecule has 2 aromatic rings. The van der Waals surface area contributed by atoms with Crippen molar-refractivity contribution in [2.45, 2.75) is 24.4 Å². The first-order valence-electron chi connectivity index (χ1n) is 5.79. The van der Waals surface area contributed by atoms with Crippen molar-refractivity contribution in [2.75, 3.05) is 6.26 Å². The molecule has 0 aliphatic heterocycles. The number of aryl methyl sites for hydroxylation is 1. The number of halogens is 3. The molecule has 2 rings (SSSR count). The smallest absolute Gasteiger partial charge is 0.166 e. The first-order chi connectivity index (χ1) is 8.97. The van der Waals surface area contributed by atoms with Crippen LogP contribution < -0.4 is 0 Å². The summed E-state index contributed by atoms with van der Waals surface area (Å²) in [5, 5.41) is 1.20. The van der Waals surface area contributed by atoms with Crippen LogP contribution in [0.2, 0.25) is 0 Å². The van der Waals surface area contributed by atoms with E-state index >= 15 is 0 Å². The van der Waals surface area contributed by atoms with Crippen LogP contribution in [0.3, 0.4) is 0 Å². The molecule has 0 bridgehead atoms. The maximum atomic E-state index is 12.9. The lowest BCUT2D eigenvalue weighted by Gasteiger charge is -2.08. The fraction of sp³-hybridized carbons (Fsp3) is 0.286. The number of alkyl halides is 3. The molecule has 0 spiro atoms. The molecule has 0 amide bonds. The Kier molecular flexibility index (Phi) is 4.26. The predicted octanol–water partition coefficient (Wildman–Crippen LogP) is 5.72. The monoisotopic (exact) mass is 302 g/mol.